The number of hydrogen-bond acceptors (Lipinski definition) is 18. The van der Waals surface area contributed by atoms with Crippen molar-refractivity contribution in [1.82, 2.24) is 5.32 Å². The molecular weight excluding hydrogens is 1170 g/mol. The molecule has 3 aliphatic heterocycles. The van der Waals surface area contributed by atoms with Crippen LogP contribution in [0.4, 0.5) is 0 Å². The number of rotatable bonds is 53. The van der Waals surface area contributed by atoms with Gasteiger partial charge in [0.15, 0.2) is 18.9 Å². The van der Waals surface area contributed by atoms with Crippen molar-refractivity contribution in [3.8, 4) is 0 Å². The fourth-order valence-electron chi connectivity index (χ4n) is 11.5. The summed E-state index contributed by atoms with van der Waals surface area (Å²) in [5, 5.41) is 121. The molecule has 0 aromatic rings. The lowest BCUT2D eigenvalue weighted by molar-refractivity contribution is -0.379. The average Bonchev–Trinajstić information content (AvgIpc) is 0.883. The number of aliphatic hydroxyl groups is 11. The minimum Gasteiger partial charge on any atom is -0.394 e. The normalized spacial score (nSPS) is 28.4. The maximum atomic E-state index is 13.4. The van der Waals surface area contributed by atoms with E-state index in [1.165, 1.54) is 116 Å². The molecule has 526 valence electrons. The van der Waals surface area contributed by atoms with Crippen LogP contribution in [-0.2, 0) is 33.2 Å². The Morgan fingerprint density at radius 1 is 0.407 bits per heavy atom. The van der Waals surface area contributed by atoms with E-state index in [-0.39, 0.29) is 18.9 Å². The number of carbonyl (C=O) groups excluding carboxylic acids is 1. The van der Waals surface area contributed by atoms with Crippen molar-refractivity contribution >= 4 is 5.91 Å². The summed E-state index contributed by atoms with van der Waals surface area (Å²) in [4.78, 5) is 13.4. The van der Waals surface area contributed by atoms with Gasteiger partial charge in [0.05, 0.1) is 38.6 Å². The van der Waals surface area contributed by atoms with E-state index in [0.29, 0.717) is 6.42 Å². The van der Waals surface area contributed by atoms with Crippen molar-refractivity contribution < 1.29 is 89.4 Å². The quantitative estimate of drug-likeness (QED) is 0.0199. The highest BCUT2D eigenvalue weighted by molar-refractivity contribution is 5.76. The molecule has 0 aromatic carbocycles. The SMILES string of the molecule is CC/C=C\C/C=C\C/C=C\C/C=C\C/C=C\C/C=C\CCCCCCC(=O)NC(COC1OC(CO)C(OC2OC(CO)C(OC3OC(CO)C(O)C(O)C3O)C(O)C2O)C(O)C1O)C(O)/C=C/CCCCCCCCCCCCCCCCCCCCCCC. The maximum Gasteiger partial charge on any atom is 0.220 e. The van der Waals surface area contributed by atoms with Crippen LogP contribution in [0.25, 0.3) is 0 Å². The molecule has 3 heterocycles. The monoisotopic (exact) mass is 1290 g/mol. The molecule has 0 bridgehead atoms. The molecule has 1 amide bonds. The van der Waals surface area contributed by atoms with Crippen molar-refractivity contribution in [3.05, 3.63) is 85.1 Å². The van der Waals surface area contributed by atoms with Crippen LogP contribution in [0.15, 0.2) is 85.1 Å². The zero-order chi connectivity index (χ0) is 66.1. The molecule has 0 radical (unpaired) electrons. The fourth-order valence-corrected chi connectivity index (χ4v) is 11.5. The van der Waals surface area contributed by atoms with Crippen LogP contribution in [0, 0.1) is 0 Å². The highest BCUT2D eigenvalue weighted by atomic mass is 16.8. The first-order valence-electron chi connectivity index (χ1n) is 35.3. The standard InChI is InChI=1S/C72H125NO18/c1-3-5-7-9-11-13-15-17-19-21-23-25-27-29-31-33-35-37-39-41-43-45-47-49-56(77)55(73-60(78)50-48-46-44-42-40-38-36-34-32-30-28-26-24-22-20-18-16-14-12-10-8-6-4-2)54-86-70-66(84)63(81)68(58(52-75)88-70)91-72-67(85)64(82)69(59(53-76)89-72)90-71-65(83)62(80)61(79)57(51-74)87-71/h6,8,12,14,18,20,24,26,30,32,36,38,47,49,55-59,61-72,74-77,79-85H,3-5,7,9-11,13,15-17,19,21-23,25,27-29,31,33-35,37,39-46,48,50-54H2,1-2H3,(H,73,78)/b8-6-,14-12-,20-18-,26-24-,32-30-,38-36-,49-47+. The molecule has 3 saturated heterocycles. The highest BCUT2D eigenvalue weighted by Gasteiger charge is 2.53. The third kappa shape index (κ3) is 35.0. The number of amides is 1. The summed E-state index contributed by atoms with van der Waals surface area (Å²) in [5.41, 5.74) is 0. The molecular formula is C72H125NO18. The molecule has 17 unspecified atom stereocenters. The van der Waals surface area contributed by atoms with E-state index >= 15 is 0 Å². The summed E-state index contributed by atoms with van der Waals surface area (Å²) in [5.74, 6) is -0.301. The molecule has 3 aliphatic rings. The van der Waals surface area contributed by atoms with E-state index in [9.17, 15) is 61.0 Å². The van der Waals surface area contributed by atoms with Gasteiger partial charge in [0, 0.05) is 6.42 Å². The molecule has 3 fully saturated rings. The third-order valence-electron chi connectivity index (χ3n) is 17.2. The van der Waals surface area contributed by atoms with Crippen LogP contribution in [0.3, 0.4) is 0 Å². The molecule has 91 heavy (non-hydrogen) atoms. The van der Waals surface area contributed by atoms with Gasteiger partial charge in [-0.2, -0.15) is 0 Å². The lowest BCUT2D eigenvalue weighted by atomic mass is 9.96. The van der Waals surface area contributed by atoms with E-state index < -0.39 is 124 Å². The summed E-state index contributed by atoms with van der Waals surface area (Å²) in [6.07, 6.45) is 41.2. The van der Waals surface area contributed by atoms with Crippen molar-refractivity contribution in [1.29, 1.82) is 0 Å². The van der Waals surface area contributed by atoms with Gasteiger partial charge in [-0.05, 0) is 70.6 Å². The van der Waals surface area contributed by atoms with Crippen LogP contribution in [0.1, 0.15) is 232 Å². The Hall–Kier alpha value is -3.03. The van der Waals surface area contributed by atoms with Crippen LogP contribution in [0.2, 0.25) is 0 Å². The minimum atomic E-state index is -1.99. The predicted molar refractivity (Wildman–Crippen MR) is 355 cm³/mol. The Morgan fingerprint density at radius 3 is 1.19 bits per heavy atom. The van der Waals surface area contributed by atoms with Crippen molar-refractivity contribution in [3.63, 3.8) is 0 Å². The van der Waals surface area contributed by atoms with Crippen molar-refractivity contribution in [2.45, 2.75) is 336 Å². The Bertz CT molecular complexity index is 1980. The number of nitrogens with one attached hydrogen (secondary N) is 1. The van der Waals surface area contributed by atoms with Crippen molar-refractivity contribution in [2.24, 2.45) is 0 Å². The largest absolute Gasteiger partial charge is 0.394 e. The number of allylic oxidation sites excluding steroid dienone is 13. The summed E-state index contributed by atoms with van der Waals surface area (Å²) in [6, 6.07) is -0.994. The molecule has 19 heteroatoms. The Kier molecular flexibility index (Phi) is 48.0. The lowest BCUT2D eigenvalue weighted by Gasteiger charge is -2.48. The number of ether oxygens (including phenoxy) is 6. The van der Waals surface area contributed by atoms with Gasteiger partial charge in [-0.25, -0.2) is 0 Å². The second-order valence-electron chi connectivity index (χ2n) is 25.0. The van der Waals surface area contributed by atoms with Crippen LogP contribution < -0.4 is 5.32 Å². The zero-order valence-electron chi connectivity index (χ0n) is 55.5. The first kappa shape index (κ1) is 82.2. The first-order chi connectivity index (χ1) is 44.3. The second kappa shape index (κ2) is 53.2. The maximum absolute atomic E-state index is 13.4. The van der Waals surface area contributed by atoms with Gasteiger partial charge < -0.3 is 89.9 Å². The van der Waals surface area contributed by atoms with E-state index in [1.54, 1.807) is 6.08 Å². The van der Waals surface area contributed by atoms with Gasteiger partial charge in [0.25, 0.3) is 0 Å². The van der Waals surface area contributed by atoms with Gasteiger partial charge >= 0.3 is 0 Å². The summed E-state index contributed by atoms with van der Waals surface area (Å²) in [6.45, 7) is 1.61. The van der Waals surface area contributed by atoms with Gasteiger partial charge in [-0.3, -0.25) is 4.79 Å². The number of unbranched alkanes of at least 4 members (excludes halogenated alkanes) is 25. The topological polar surface area (TPSA) is 307 Å². The summed E-state index contributed by atoms with van der Waals surface area (Å²) in [7, 11) is 0. The molecule has 19 nitrogen and oxygen atoms in total. The van der Waals surface area contributed by atoms with E-state index in [2.05, 4.69) is 92.1 Å². The highest BCUT2D eigenvalue weighted by Crippen LogP contribution is 2.33. The molecule has 0 saturated carbocycles. The Labute approximate surface area is 546 Å². The van der Waals surface area contributed by atoms with Crippen LogP contribution in [-0.4, -0.2) is 193 Å². The number of aliphatic hydroxyl groups excluding tert-OH is 11. The fraction of sp³-hybridized carbons (Fsp3) is 0.792. The smallest absolute Gasteiger partial charge is 0.220 e. The molecule has 0 spiro atoms. The first-order valence-corrected chi connectivity index (χ1v) is 35.3. The van der Waals surface area contributed by atoms with Gasteiger partial charge in [0.1, 0.15) is 73.2 Å². The third-order valence-corrected chi connectivity index (χ3v) is 17.2. The van der Waals surface area contributed by atoms with Gasteiger partial charge in [-0.15, -0.1) is 0 Å². The minimum absolute atomic E-state index is 0.209. The number of hydrogen-bond donors (Lipinski definition) is 12. The molecule has 12 N–H and O–H groups in total. The van der Waals surface area contributed by atoms with E-state index in [0.717, 1.165) is 89.9 Å². The average molecular weight is 1290 g/mol. The van der Waals surface area contributed by atoms with Crippen LogP contribution in [0.5, 0.6) is 0 Å². The lowest BCUT2D eigenvalue weighted by Crippen LogP contribution is -2.66. The predicted octanol–water partition coefficient (Wildman–Crippen LogP) is 9.49. The summed E-state index contributed by atoms with van der Waals surface area (Å²) < 4.78 is 34.3. The van der Waals surface area contributed by atoms with Gasteiger partial charge in [-0.1, -0.05) is 240 Å². The Balaban J connectivity index is 1.46. The summed E-state index contributed by atoms with van der Waals surface area (Å²) >= 11 is 0. The second-order valence-corrected chi connectivity index (χ2v) is 25.0. The number of carbonyl (C=O) groups is 1. The Morgan fingerprint density at radius 2 is 0.758 bits per heavy atom. The van der Waals surface area contributed by atoms with E-state index in [4.69, 9.17) is 28.4 Å². The van der Waals surface area contributed by atoms with Crippen LogP contribution >= 0.6 is 0 Å². The van der Waals surface area contributed by atoms with Crippen molar-refractivity contribution in [2.75, 3.05) is 26.4 Å². The molecule has 0 aromatic heterocycles. The molecule has 0 aliphatic carbocycles. The zero-order valence-corrected chi connectivity index (χ0v) is 55.5. The van der Waals surface area contributed by atoms with Gasteiger partial charge in [0.2, 0.25) is 5.91 Å². The molecule has 17 atom stereocenters. The van der Waals surface area contributed by atoms with E-state index in [1.807, 2.05) is 6.08 Å². The molecule has 3 rings (SSSR count).